The molecule has 0 aliphatic carbocycles. The molecule has 0 aliphatic heterocycles. The first-order valence-electron chi connectivity index (χ1n) is 8.07. The summed E-state index contributed by atoms with van der Waals surface area (Å²) in [5.74, 6) is -2.99. The van der Waals surface area contributed by atoms with Gasteiger partial charge < -0.3 is 15.0 Å². The summed E-state index contributed by atoms with van der Waals surface area (Å²) >= 11 is 0. The second-order valence-corrected chi connectivity index (χ2v) is 5.72. The average Bonchev–Trinajstić information content (AvgIpc) is 3.02. The number of benzene rings is 1. The van der Waals surface area contributed by atoms with E-state index < -0.39 is 12.1 Å². The molecule has 2 N–H and O–H groups in total. The molecule has 0 atom stereocenters. The summed E-state index contributed by atoms with van der Waals surface area (Å²) in [6, 6.07) is 7.58. The first-order chi connectivity index (χ1) is 13.6. The standard InChI is InChI=1S/C16H15N5O.C2HF3O2/c1-11-12(2)21(10-19-11)15-5-3-14(4-6-15)20-16(22)13-7-17-9-18-8-13;3-2(4,5)1(6)7/h3-10H,1-2H3,(H,20,22);(H,6,7). The third kappa shape index (κ3) is 5.86. The Morgan fingerprint density at radius 2 is 1.62 bits per heavy atom. The maximum Gasteiger partial charge on any atom is 0.490 e. The van der Waals surface area contributed by atoms with Gasteiger partial charge in [0.1, 0.15) is 6.33 Å². The van der Waals surface area contributed by atoms with Crippen LogP contribution in [0.3, 0.4) is 0 Å². The summed E-state index contributed by atoms with van der Waals surface area (Å²) in [6.45, 7) is 4.00. The zero-order chi connectivity index (χ0) is 21.6. The van der Waals surface area contributed by atoms with Crippen LogP contribution < -0.4 is 5.32 Å². The number of aliphatic carboxylic acids is 1. The van der Waals surface area contributed by atoms with E-state index in [9.17, 15) is 18.0 Å². The van der Waals surface area contributed by atoms with E-state index in [1.807, 2.05) is 42.7 Å². The van der Waals surface area contributed by atoms with Gasteiger partial charge in [-0.3, -0.25) is 4.79 Å². The van der Waals surface area contributed by atoms with Crippen molar-refractivity contribution in [2.45, 2.75) is 20.0 Å². The molecule has 0 fully saturated rings. The summed E-state index contributed by atoms with van der Waals surface area (Å²) in [5.41, 5.74) is 4.23. The molecule has 152 valence electrons. The molecule has 3 aromatic rings. The number of nitrogens with one attached hydrogen (secondary N) is 1. The first kappa shape index (κ1) is 21.5. The lowest BCUT2D eigenvalue weighted by atomic mass is 10.2. The molecule has 2 heterocycles. The van der Waals surface area contributed by atoms with Crippen LogP contribution in [0.5, 0.6) is 0 Å². The molecular formula is C18H16F3N5O3. The van der Waals surface area contributed by atoms with Crippen LogP contribution in [0, 0.1) is 13.8 Å². The topological polar surface area (TPSA) is 110 Å². The average molecular weight is 407 g/mol. The van der Waals surface area contributed by atoms with E-state index in [0.29, 0.717) is 11.3 Å². The number of anilines is 1. The number of carbonyl (C=O) groups excluding carboxylic acids is 1. The Morgan fingerprint density at radius 3 is 2.07 bits per heavy atom. The van der Waals surface area contributed by atoms with Gasteiger partial charge in [0, 0.05) is 29.5 Å². The summed E-state index contributed by atoms with van der Waals surface area (Å²) in [4.78, 5) is 32.9. The van der Waals surface area contributed by atoms with Crippen LogP contribution in [0.15, 0.2) is 49.3 Å². The van der Waals surface area contributed by atoms with Gasteiger partial charge >= 0.3 is 12.1 Å². The molecule has 8 nitrogen and oxygen atoms in total. The monoisotopic (exact) mass is 407 g/mol. The van der Waals surface area contributed by atoms with Crippen LogP contribution in [0.25, 0.3) is 5.69 Å². The zero-order valence-corrected chi connectivity index (χ0v) is 15.3. The van der Waals surface area contributed by atoms with E-state index in [-0.39, 0.29) is 5.91 Å². The van der Waals surface area contributed by atoms with Crippen LogP contribution in [0.1, 0.15) is 21.7 Å². The first-order valence-corrected chi connectivity index (χ1v) is 8.07. The summed E-state index contributed by atoms with van der Waals surface area (Å²) in [7, 11) is 0. The number of rotatable bonds is 3. The number of amides is 1. The normalized spacial score (nSPS) is 10.7. The highest BCUT2D eigenvalue weighted by Crippen LogP contribution is 2.17. The zero-order valence-electron chi connectivity index (χ0n) is 15.3. The second-order valence-electron chi connectivity index (χ2n) is 5.72. The number of alkyl halides is 3. The van der Waals surface area contributed by atoms with Gasteiger partial charge in [0.15, 0.2) is 0 Å². The van der Waals surface area contributed by atoms with E-state index in [1.54, 1.807) is 6.33 Å². The molecule has 0 spiro atoms. The van der Waals surface area contributed by atoms with Crippen LogP contribution >= 0.6 is 0 Å². The number of halogens is 3. The third-order valence-electron chi connectivity index (χ3n) is 3.72. The minimum absolute atomic E-state index is 0.233. The van der Waals surface area contributed by atoms with Crippen molar-refractivity contribution in [3.63, 3.8) is 0 Å². The molecule has 29 heavy (non-hydrogen) atoms. The number of aromatic nitrogens is 4. The van der Waals surface area contributed by atoms with Crippen LogP contribution in [0.4, 0.5) is 18.9 Å². The molecular weight excluding hydrogens is 391 g/mol. The smallest absolute Gasteiger partial charge is 0.475 e. The minimum Gasteiger partial charge on any atom is -0.475 e. The molecule has 1 aromatic carbocycles. The molecule has 0 saturated carbocycles. The van der Waals surface area contributed by atoms with Gasteiger partial charge in [0.05, 0.1) is 17.6 Å². The lowest BCUT2D eigenvalue weighted by Gasteiger charge is -2.08. The Balaban J connectivity index is 0.000000370. The van der Waals surface area contributed by atoms with Gasteiger partial charge in [-0.25, -0.2) is 19.7 Å². The second kappa shape index (κ2) is 8.95. The summed E-state index contributed by atoms with van der Waals surface area (Å²) < 4.78 is 33.7. The number of hydrogen-bond acceptors (Lipinski definition) is 5. The van der Waals surface area contributed by atoms with E-state index in [2.05, 4.69) is 20.3 Å². The van der Waals surface area contributed by atoms with Gasteiger partial charge in [-0.1, -0.05) is 0 Å². The van der Waals surface area contributed by atoms with Gasteiger partial charge in [0.2, 0.25) is 0 Å². The molecule has 2 aromatic heterocycles. The van der Waals surface area contributed by atoms with Crippen molar-refractivity contribution in [2.75, 3.05) is 5.32 Å². The number of carboxylic acids is 1. The Kier molecular flexibility index (Phi) is 6.65. The van der Waals surface area contributed by atoms with E-state index in [1.165, 1.54) is 18.7 Å². The molecule has 3 rings (SSSR count). The quantitative estimate of drug-likeness (QED) is 0.690. The number of nitrogens with zero attached hydrogens (tertiary/aromatic N) is 4. The van der Waals surface area contributed by atoms with Crippen molar-refractivity contribution in [1.29, 1.82) is 0 Å². The SMILES string of the molecule is Cc1ncn(-c2ccc(NC(=O)c3cncnc3)cc2)c1C.O=C(O)C(F)(F)F. The van der Waals surface area contributed by atoms with Gasteiger partial charge in [-0.05, 0) is 38.1 Å². The molecule has 0 saturated heterocycles. The number of carboxylic acid groups (broad SMARTS) is 1. The Bertz CT molecular complexity index is 986. The predicted molar refractivity (Wildman–Crippen MR) is 96.7 cm³/mol. The van der Waals surface area contributed by atoms with Gasteiger partial charge in [-0.15, -0.1) is 0 Å². The van der Waals surface area contributed by atoms with Gasteiger partial charge in [0.25, 0.3) is 5.91 Å². The molecule has 1 amide bonds. The number of hydrogen-bond donors (Lipinski definition) is 2. The fourth-order valence-corrected chi connectivity index (χ4v) is 2.08. The fourth-order valence-electron chi connectivity index (χ4n) is 2.08. The maximum atomic E-state index is 12.0. The van der Waals surface area contributed by atoms with Gasteiger partial charge in [-0.2, -0.15) is 13.2 Å². The third-order valence-corrected chi connectivity index (χ3v) is 3.72. The summed E-state index contributed by atoms with van der Waals surface area (Å²) in [6.07, 6.45) is 1.06. The highest BCUT2D eigenvalue weighted by molar-refractivity contribution is 6.03. The van der Waals surface area contributed by atoms with Crippen molar-refractivity contribution >= 4 is 17.6 Å². The fraction of sp³-hybridized carbons (Fsp3) is 0.167. The molecule has 0 aliphatic rings. The lowest BCUT2D eigenvalue weighted by molar-refractivity contribution is -0.192. The van der Waals surface area contributed by atoms with Crippen LogP contribution in [0.2, 0.25) is 0 Å². The maximum absolute atomic E-state index is 12.0. The molecule has 11 heteroatoms. The molecule has 0 unspecified atom stereocenters. The summed E-state index contributed by atoms with van der Waals surface area (Å²) in [5, 5.41) is 9.94. The largest absolute Gasteiger partial charge is 0.490 e. The number of carbonyl (C=O) groups is 2. The van der Waals surface area contributed by atoms with Crippen molar-refractivity contribution in [3.05, 3.63) is 66.3 Å². The minimum atomic E-state index is -5.08. The number of imidazole rings is 1. The van der Waals surface area contributed by atoms with E-state index in [4.69, 9.17) is 9.90 Å². The van der Waals surface area contributed by atoms with Crippen molar-refractivity contribution in [2.24, 2.45) is 0 Å². The van der Waals surface area contributed by atoms with E-state index in [0.717, 1.165) is 17.1 Å². The van der Waals surface area contributed by atoms with Crippen molar-refractivity contribution < 1.29 is 27.9 Å². The van der Waals surface area contributed by atoms with E-state index >= 15 is 0 Å². The lowest BCUT2D eigenvalue weighted by Crippen LogP contribution is -2.21. The molecule has 0 radical (unpaired) electrons. The number of aryl methyl sites for hydroxylation is 1. The predicted octanol–water partition coefficient (Wildman–Crippen LogP) is 3.16. The van der Waals surface area contributed by atoms with Crippen LogP contribution in [-0.4, -0.2) is 42.7 Å². The van der Waals surface area contributed by atoms with Crippen molar-refractivity contribution in [3.8, 4) is 5.69 Å². The molecule has 0 bridgehead atoms. The van der Waals surface area contributed by atoms with Crippen molar-refractivity contribution in [1.82, 2.24) is 19.5 Å². The Hall–Kier alpha value is -3.76. The highest BCUT2D eigenvalue weighted by Gasteiger charge is 2.38. The Morgan fingerprint density at radius 1 is 1.07 bits per heavy atom. The van der Waals surface area contributed by atoms with Crippen LogP contribution in [-0.2, 0) is 4.79 Å². The Labute approximate surface area is 163 Å². The highest BCUT2D eigenvalue weighted by atomic mass is 19.4.